The van der Waals surface area contributed by atoms with Crippen LogP contribution in [0.15, 0.2) is 53.4 Å². The van der Waals surface area contributed by atoms with Crippen LogP contribution in [0.5, 0.6) is 5.75 Å². The molecule has 1 fully saturated rings. The van der Waals surface area contributed by atoms with Crippen LogP contribution in [0.1, 0.15) is 5.56 Å². The molecule has 3 rings (SSSR count). The molecule has 1 aliphatic heterocycles. The molecule has 3 amide bonds. The molecular weight excluding hydrogens is 467 g/mol. The minimum absolute atomic E-state index is 0.0130. The van der Waals surface area contributed by atoms with Crippen molar-refractivity contribution >= 4 is 63.2 Å². The number of aromatic hydroxyl groups is 1. The van der Waals surface area contributed by atoms with E-state index >= 15 is 0 Å². The van der Waals surface area contributed by atoms with Crippen molar-refractivity contribution in [2.45, 2.75) is 0 Å². The van der Waals surface area contributed by atoms with Gasteiger partial charge in [-0.25, -0.2) is 0 Å². The van der Waals surface area contributed by atoms with Gasteiger partial charge in [0.25, 0.3) is 11.1 Å². The lowest BCUT2D eigenvalue weighted by molar-refractivity contribution is -0.127. The topological polar surface area (TPSA) is 86.7 Å². The molecule has 26 heavy (non-hydrogen) atoms. The number of phenolic OH excluding ortho intramolecular Hbond substituents is 1. The second-order valence-electron chi connectivity index (χ2n) is 5.39. The van der Waals surface area contributed by atoms with E-state index in [9.17, 15) is 19.5 Å². The highest BCUT2D eigenvalue weighted by Crippen LogP contribution is 2.34. The highest BCUT2D eigenvalue weighted by Gasteiger charge is 2.36. The largest absolute Gasteiger partial charge is 0.507 e. The number of hydrogen-bond donors (Lipinski definition) is 2. The molecule has 0 atom stereocenters. The zero-order chi connectivity index (χ0) is 18.7. The molecule has 8 heteroatoms. The highest BCUT2D eigenvalue weighted by molar-refractivity contribution is 14.1. The van der Waals surface area contributed by atoms with Gasteiger partial charge in [-0.05, 0) is 70.8 Å². The van der Waals surface area contributed by atoms with Crippen molar-refractivity contribution in [3.8, 4) is 5.75 Å². The number of thioether (sulfide) groups is 1. The molecule has 0 aromatic heterocycles. The maximum absolute atomic E-state index is 12.5. The van der Waals surface area contributed by atoms with Gasteiger partial charge in [0.1, 0.15) is 12.3 Å². The Hall–Kier alpha value is -2.33. The third-order valence-corrected chi connectivity index (χ3v) is 5.09. The van der Waals surface area contributed by atoms with Gasteiger partial charge in [0.15, 0.2) is 0 Å². The monoisotopic (exact) mass is 480 g/mol. The lowest BCUT2D eigenvalue weighted by Gasteiger charge is -2.12. The number of phenols is 1. The van der Waals surface area contributed by atoms with E-state index in [0.29, 0.717) is 11.3 Å². The van der Waals surface area contributed by atoms with Gasteiger partial charge in [-0.3, -0.25) is 19.3 Å². The number of para-hydroxylation sites is 1. The first-order valence-electron chi connectivity index (χ1n) is 7.53. The fourth-order valence-electron chi connectivity index (χ4n) is 2.28. The third kappa shape index (κ3) is 4.25. The van der Waals surface area contributed by atoms with Crippen molar-refractivity contribution < 1.29 is 19.5 Å². The molecule has 2 aromatic carbocycles. The van der Waals surface area contributed by atoms with Crippen LogP contribution in [0.2, 0.25) is 0 Å². The number of benzene rings is 2. The maximum Gasteiger partial charge on any atom is 0.294 e. The van der Waals surface area contributed by atoms with E-state index in [1.807, 2.05) is 6.07 Å². The third-order valence-electron chi connectivity index (χ3n) is 3.51. The number of nitrogens with one attached hydrogen (secondary N) is 1. The van der Waals surface area contributed by atoms with Crippen LogP contribution in [-0.2, 0) is 9.59 Å². The molecule has 0 unspecified atom stereocenters. The number of carbonyl (C=O) groups is 3. The minimum atomic E-state index is -0.554. The van der Waals surface area contributed by atoms with E-state index in [1.54, 1.807) is 36.4 Å². The molecule has 0 radical (unpaired) electrons. The van der Waals surface area contributed by atoms with Gasteiger partial charge >= 0.3 is 0 Å². The quantitative estimate of drug-likeness (QED) is 0.516. The fourth-order valence-corrected chi connectivity index (χ4v) is 3.63. The van der Waals surface area contributed by atoms with Crippen LogP contribution in [0.25, 0.3) is 6.08 Å². The lowest BCUT2D eigenvalue weighted by Crippen LogP contribution is -2.36. The average molecular weight is 480 g/mol. The average Bonchev–Trinajstić information content (AvgIpc) is 2.86. The summed E-state index contributed by atoms with van der Waals surface area (Å²) in [6.45, 7) is -0.366. The van der Waals surface area contributed by atoms with E-state index in [2.05, 4.69) is 27.9 Å². The zero-order valence-electron chi connectivity index (χ0n) is 13.3. The molecule has 0 aliphatic carbocycles. The van der Waals surface area contributed by atoms with Gasteiger partial charge in [-0.15, -0.1) is 0 Å². The SMILES string of the molecule is O=C(CN1C(=O)S/C(=C\c2cc(I)ccc2O)C1=O)Nc1ccccc1. The minimum Gasteiger partial charge on any atom is -0.507 e. The first-order valence-corrected chi connectivity index (χ1v) is 9.42. The van der Waals surface area contributed by atoms with Gasteiger partial charge in [-0.1, -0.05) is 18.2 Å². The van der Waals surface area contributed by atoms with Crippen molar-refractivity contribution in [1.82, 2.24) is 4.90 Å². The van der Waals surface area contributed by atoms with Crippen molar-refractivity contribution in [3.63, 3.8) is 0 Å². The molecule has 0 saturated carbocycles. The van der Waals surface area contributed by atoms with Crippen LogP contribution in [0.3, 0.4) is 0 Å². The molecule has 2 aromatic rings. The summed E-state index contributed by atoms with van der Waals surface area (Å²) in [5, 5.41) is 12.0. The van der Waals surface area contributed by atoms with E-state index < -0.39 is 17.1 Å². The van der Waals surface area contributed by atoms with Crippen LogP contribution in [0, 0.1) is 3.57 Å². The van der Waals surface area contributed by atoms with Crippen molar-refractivity contribution in [2.75, 3.05) is 11.9 Å². The summed E-state index contributed by atoms with van der Waals surface area (Å²) in [5.41, 5.74) is 1.03. The summed E-state index contributed by atoms with van der Waals surface area (Å²) in [6.07, 6.45) is 1.46. The summed E-state index contributed by atoms with van der Waals surface area (Å²) in [4.78, 5) is 37.7. The number of hydrogen-bond acceptors (Lipinski definition) is 5. The Bertz CT molecular complexity index is 915. The van der Waals surface area contributed by atoms with E-state index in [1.165, 1.54) is 12.1 Å². The molecule has 1 heterocycles. The Balaban J connectivity index is 1.73. The second-order valence-corrected chi connectivity index (χ2v) is 7.62. The summed E-state index contributed by atoms with van der Waals surface area (Å²) >= 11 is 2.83. The molecule has 2 N–H and O–H groups in total. The molecule has 0 bridgehead atoms. The Kier molecular flexibility index (Phi) is 5.62. The van der Waals surface area contributed by atoms with Crippen molar-refractivity contribution in [1.29, 1.82) is 0 Å². The summed E-state index contributed by atoms with van der Waals surface area (Å²) in [6, 6.07) is 13.7. The van der Waals surface area contributed by atoms with Gasteiger partial charge in [0.2, 0.25) is 5.91 Å². The standard InChI is InChI=1S/C18H13IN2O4S/c19-12-6-7-14(22)11(8-12)9-15-17(24)21(18(25)26-15)10-16(23)20-13-4-2-1-3-5-13/h1-9,22H,10H2,(H,20,23)/b15-9-. The Morgan fingerprint density at radius 1 is 1.19 bits per heavy atom. The van der Waals surface area contributed by atoms with E-state index in [4.69, 9.17) is 0 Å². The molecular formula is C18H13IN2O4S. The summed E-state index contributed by atoms with van der Waals surface area (Å²) in [7, 11) is 0. The number of nitrogens with zero attached hydrogens (tertiary/aromatic N) is 1. The summed E-state index contributed by atoms with van der Waals surface area (Å²) < 4.78 is 0.883. The molecule has 6 nitrogen and oxygen atoms in total. The Morgan fingerprint density at radius 3 is 2.65 bits per heavy atom. The predicted molar refractivity (Wildman–Crippen MR) is 109 cm³/mol. The van der Waals surface area contributed by atoms with Crippen LogP contribution in [-0.4, -0.2) is 33.6 Å². The zero-order valence-corrected chi connectivity index (χ0v) is 16.3. The van der Waals surface area contributed by atoms with Crippen molar-refractivity contribution in [2.24, 2.45) is 0 Å². The maximum atomic E-state index is 12.5. The summed E-state index contributed by atoms with van der Waals surface area (Å²) in [5.74, 6) is -1.00. The van der Waals surface area contributed by atoms with Crippen LogP contribution in [0.4, 0.5) is 10.5 Å². The second kappa shape index (κ2) is 7.92. The van der Waals surface area contributed by atoms with E-state index in [-0.39, 0.29) is 17.2 Å². The first kappa shape index (κ1) is 18.5. The fraction of sp³-hybridized carbons (Fsp3) is 0.0556. The molecule has 0 spiro atoms. The molecule has 132 valence electrons. The number of halogens is 1. The van der Waals surface area contributed by atoms with Gasteiger partial charge in [0, 0.05) is 14.8 Å². The normalized spacial score (nSPS) is 15.6. The molecule has 1 saturated heterocycles. The Labute approximate surface area is 167 Å². The number of amides is 3. The number of imide groups is 1. The lowest BCUT2D eigenvalue weighted by atomic mass is 10.2. The first-order chi connectivity index (χ1) is 12.4. The van der Waals surface area contributed by atoms with Crippen LogP contribution >= 0.6 is 34.4 Å². The van der Waals surface area contributed by atoms with E-state index in [0.717, 1.165) is 20.2 Å². The Morgan fingerprint density at radius 2 is 1.92 bits per heavy atom. The smallest absolute Gasteiger partial charge is 0.294 e. The predicted octanol–water partition coefficient (Wildman–Crippen LogP) is 3.67. The molecule has 1 aliphatic rings. The van der Waals surface area contributed by atoms with Crippen molar-refractivity contribution in [3.05, 3.63) is 62.6 Å². The number of anilines is 1. The van der Waals surface area contributed by atoms with Gasteiger partial charge in [0.05, 0.1) is 4.91 Å². The highest BCUT2D eigenvalue weighted by atomic mass is 127. The van der Waals surface area contributed by atoms with Gasteiger partial charge < -0.3 is 10.4 Å². The van der Waals surface area contributed by atoms with Crippen LogP contribution < -0.4 is 5.32 Å². The van der Waals surface area contributed by atoms with Gasteiger partial charge in [-0.2, -0.15) is 0 Å². The number of rotatable bonds is 4. The number of carbonyl (C=O) groups excluding carboxylic acids is 3.